The topological polar surface area (TPSA) is 84.7 Å². The van der Waals surface area contributed by atoms with Crippen LogP contribution >= 0.6 is 12.4 Å². The maximum atomic E-state index is 13.0. The van der Waals surface area contributed by atoms with Crippen LogP contribution < -0.4 is 11.1 Å². The van der Waals surface area contributed by atoms with E-state index >= 15 is 0 Å². The maximum Gasteiger partial charge on any atom is 0.253 e. The van der Waals surface area contributed by atoms with Gasteiger partial charge in [0.15, 0.2) is 0 Å². The minimum Gasteiger partial charge on any atom is -0.364 e. The molecule has 0 saturated carbocycles. The lowest BCUT2D eigenvalue weighted by Gasteiger charge is -2.35. The predicted molar refractivity (Wildman–Crippen MR) is 113 cm³/mol. The minimum atomic E-state index is -0.471. The van der Waals surface area contributed by atoms with E-state index in [0.717, 1.165) is 31.5 Å². The average molecular weight is 410 g/mol. The van der Waals surface area contributed by atoms with Crippen LogP contribution in [0.5, 0.6) is 0 Å². The molecule has 4 atom stereocenters. The third-order valence-corrected chi connectivity index (χ3v) is 5.56. The van der Waals surface area contributed by atoms with Gasteiger partial charge in [0.2, 0.25) is 0 Å². The van der Waals surface area contributed by atoms with Gasteiger partial charge in [-0.1, -0.05) is 19.9 Å². The fraction of sp³-hybridized carbons (Fsp3) is 0.619. The van der Waals surface area contributed by atoms with Gasteiger partial charge in [-0.25, -0.2) is 0 Å². The van der Waals surface area contributed by atoms with Crippen LogP contribution in [0.2, 0.25) is 0 Å². The molecule has 1 aromatic carbocycles. The van der Waals surface area contributed by atoms with Crippen molar-refractivity contribution in [1.82, 2.24) is 4.90 Å². The summed E-state index contributed by atoms with van der Waals surface area (Å²) in [6.45, 7) is 8.30. The highest BCUT2D eigenvalue weighted by atomic mass is 35.5. The van der Waals surface area contributed by atoms with E-state index in [1.165, 1.54) is 0 Å². The molecular weight excluding hydrogens is 378 g/mol. The Hall–Kier alpha value is -1.63. The van der Waals surface area contributed by atoms with E-state index < -0.39 is 6.10 Å². The lowest BCUT2D eigenvalue weighted by molar-refractivity contribution is -0.126. The van der Waals surface area contributed by atoms with E-state index in [1.54, 1.807) is 6.07 Å². The SMILES string of the molecule is Cc1ccc(C(=O)N2CC(C)CC(C)C2)cc1NC(=O)[C@@H]1CC[C@H](CN)O1.Cl. The van der Waals surface area contributed by atoms with Crippen molar-refractivity contribution in [1.29, 1.82) is 0 Å². The summed E-state index contributed by atoms with van der Waals surface area (Å²) in [4.78, 5) is 27.4. The van der Waals surface area contributed by atoms with E-state index in [0.29, 0.717) is 36.1 Å². The van der Waals surface area contributed by atoms with Crippen LogP contribution in [0.25, 0.3) is 0 Å². The van der Waals surface area contributed by atoms with Crippen LogP contribution in [0.1, 0.15) is 49.0 Å². The van der Waals surface area contributed by atoms with Gasteiger partial charge in [0, 0.05) is 30.9 Å². The lowest BCUT2D eigenvalue weighted by Crippen LogP contribution is -2.42. The van der Waals surface area contributed by atoms with Crippen LogP contribution in [-0.2, 0) is 9.53 Å². The Bertz CT molecular complexity index is 702. The average Bonchev–Trinajstić information content (AvgIpc) is 3.11. The summed E-state index contributed by atoms with van der Waals surface area (Å²) in [5.41, 5.74) is 7.83. The Morgan fingerprint density at radius 1 is 1.21 bits per heavy atom. The molecule has 7 heteroatoms. The molecule has 0 spiro atoms. The minimum absolute atomic E-state index is 0. The monoisotopic (exact) mass is 409 g/mol. The molecular formula is C21H32ClN3O3. The smallest absolute Gasteiger partial charge is 0.253 e. The van der Waals surface area contributed by atoms with Crippen LogP contribution in [0.15, 0.2) is 18.2 Å². The number of ether oxygens (including phenoxy) is 1. The number of hydrogen-bond donors (Lipinski definition) is 2. The van der Waals surface area contributed by atoms with Gasteiger partial charge in [-0.3, -0.25) is 9.59 Å². The van der Waals surface area contributed by atoms with Crippen molar-refractivity contribution in [3.8, 4) is 0 Å². The molecule has 156 valence electrons. The number of anilines is 1. The van der Waals surface area contributed by atoms with Gasteiger partial charge in [-0.2, -0.15) is 0 Å². The van der Waals surface area contributed by atoms with Gasteiger partial charge in [0.25, 0.3) is 11.8 Å². The molecule has 2 saturated heterocycles. The van der Waals surface area contributed by atoms with Crippen LogP contribution in [0, 0.1) is 18.8 Å². The Balaban J connectivity index is 0.00000280. The standard InChI is InChI=1S/C21H31N3O3.ClH/c1-13-8-14(2)12-24(11-13)21(26)16-5-4-15(3)18(9-16)23-20(25)19-7-6-17(10-22)27-19;/h4-5,9,13-14,17,19H,6-8,10-12,22H2,1-3H3,(H,23,25);1H/t13?,14?,17-,19+;/m1./s1. The summed E-state index contributed by atoms with van der Waals surface area (Å²) >= 11 is 0. The zero-order chi connectivity index (χ0) is 19.6. The van der Waals surface area contributed by atoms with Crippen LogP contribution in [-0.4, -0.2) is 48.6 Å². The molecule has 2 aliphatic rings. The number of nitrogens with two attached hydrogens (primary N) is 1. The normalized spacial score (nSPS) is 27.2. The Morgan fingerprint density at radius 3 is 2.50 bits per heavy atom. The van der Waals surface area contributed by atoms with E-state index in [4.69, 9.17) is 10.5 Å². The second-order valence-electron chi connectivity index (χ2n) is 8.23. The predicted octanol–water partition coefficient (Wildman–Crippen LogP) is 2.98. The van der Waals surface area contributed by atoms with E-state index in [-0.39, 0.29) is 30.3 Å². The first kappa shape index (κ1) is 22.7. The second-order valence-corrected chi connectivity index (χ2v) is 8.23. The largest absolute Gasteiger partial charge is 0.364 e. The van der Waals surface area contributed by atoms with Gasteiger partial charge in [-0.15, -0.1) is 12.4 Å². The summed E-state index contributed by atoms with van der Waals surface area (Å²) in [6.07, 6.45) is 2.12. The van der Waals surface area contributed by atoms with E-state index in [9.17, 15) is 9.59 Å². The van der Waals surface area contributed by atoms with Gasteiger partial charge >= 0.3 is 0 Å². The summed E-state index contributed by atoms with van der Waals surface area (Å²) in [6, 6.07) is 5.51. The van der Waals surface area contributed by atoms with Crippen LogP contribution in [0.3, 0.4) is 0 Å². The number of halogens is 1. The fourth-order valence-electron chi connectivity index (χ4n) is 4.19. The first-order valence-electron chi connectivity index (χ1n) is 9.93. The van der Waals surface area contributed by atoms with Gasteiger partial charge < -0.3 is 20.7 Å². The van der Waals surface area contributed by atoms with Crippen molar-refractivity contribution < 1.29 is 14.3 Å². The molecule has 0 aliphatic carbocycles. The first-order chi connectivity index (χ1) is 12.9. The molecule has 0 bridgehead atoms. The molecule has 2 fully saturated rings. The summed E-state index contributed by atoms with van der Waals surface area (Å²) in [5.74, 6) is 0.887. The molecule has 2 heterocycles. The van der Waals surface area contributed by atoms with Crippen molar-refractivity contribution in [2.75, 3.05) is 25.0 Å². The highest BCUT2D eigenvalue weighted by molar-refractivity contribution is 5.99. The Labute approximate surface area is 173 Å². The number of piperidine rings is 1. The Kier molecular flexibility index (Phi) is 7.87. The van der Waals surface area contributed by atoms with E-state index in [2.05, 4.69) is 19.2 Å². The number of amides is 2. The van der Waals surface area contributed by atoms with Crippen molar-refractivity contribution >= 4 is 29.9 Å². The third kappa shape index (κ3) is 5.25. The van der Waals surface area contributed by atoms with Gasteiger partial charge in [-0.05, 0) is 55.7 Å². The van der Waals surface area contributed by atoms with Gasteiger partial charge in [0.05, 0.1) is 6.10 Å². The molecule has 0 aromatic heterocycles. The number of likely N-dealkylation sites (tertiary alicyclic amines) is 1. The number of nitrogens with one attached hydrogen (secondary N) is 1. The number of benzene rings is 1. The molecule has 1 aromatic rings. The molecule has 3 N–H and O–H groups in total. The summed E-state index contributed by atoms with van der Waals surface area (Å²) in [7, 11) is 0. The Morgan fingerprint density at radius 2 is 1.89 bits per heavy atom. The van der Waals surface area contributed by atoms with Gasteiger partial charge in [0.1, 0.15) is 6.10 Å². The first-order valence-corrected chi connectivity index (χ1v) is 9.93. The molecule has 2 unspecified atom stereocenters. The number of carbonyl (C=O) groups is 2. The maximum absolute atomic E-state index is 13.0. The molecule has 3 rings (SSSR count). The number of rotatable bonds is 4. The van der Waals surface area contributed by atoms with Crippen molar-refractivity contribution in [2.45, 2.75) is 52.2 Å². The second kappa shape index (κ2) is 9.72. The zero-order valence-corrected chi connectivity index (χ0v) is 17.8. The lowest BCUT2D eigenvalue weighted by atomic mass is 9.91. The van der Waals surface area contributed by atoms with E-state index in [1.807, 2.05) is 24.0 Å². The highest BCUT2D eigenvalue weighted by Gasteiger charge is 2.30. The summed E-state index contributed by atoms with van der Waals surface area (Å²) in [5, 5.41) is 2.94. The highest BCUT2D eigenvalue weighted by Crippen LogP contribution is 2.25. The van der Waals surface area contributed by atoms with Crippen molar-refractivity contribution in [3.05, 3.63) is 29.3 Å². The fourth-order valence-corrected chi connectivity index (χ4v) is 4.19. The van der Waals surface area contributed by atoms with Crippen LogP contribution in [0.4, 0.5) is 5.69 Å². The number of hydrogen-bond acceptors (Lipinski definition) is 4. The molecule has 28 heavy (non-hydrogen) atoms. The number of aryl methyl sites for hydroxylation is 1. The zero-order valence-electron chi connectivity index (χ0n) is 16.9. The molecule has 0 radical (unpaired) electrons. The molecule has 2 amide bonds. The number of nitrogens with zero attached hydrogens (tertiary/aromatic N) is 1. The van der Waals surface area contributed by atoms with Crippen molar-refractivity contribution in [3.63, 3.8) is 0 Å². The third-order valence-electron chi connectivity index (χ3n) is 5.56. The number of carbonyl (C=O) groups excluding carboxylic acids is 2. The summed E-state index contributed by atoms with van der Waals surface area (Å²) < 4.78 is 5.67. The molecule has 2 aliphatic heterocycles. The quantitative estimate of drug-likeness (QED) is 0.800. The van der Waals surface area contributed by atoms with Crippen molar-refractivity contribution in [2.24, 2.45) is 17.6 Å². The molecule has 6 nitrogen and oxygen atoms in total.